The number of anilines is 1. The number of ether oxygens (including phenoxy) is 2. The first kappa shape index (κ1) is 33.2. The molecule has 0 bridgehead atoms. The third-order valence-electron chi connectivity index (χ3n) is 6.20. The van der Waals surface area contributed by atoms with E-state index in [0.717, 1.165) is 10.1 Å². The normalized spacial score (nSPS) is 13.3. The van der Waals surface area contributed by atoms with Crippen molar-refractivity contribution in [2.45, 2.75) is 71.7 Å². The molecule has 2 unspecified atom stereocenters. The molecular weight excluding hydrogens is 567 g/mol. The van der Waals surface area contributed by atoms with Crippen molar-refractivity contribution in [3.63, 3.8) is 0 Å². The second-order valence-corrected chi connectivity index (χ2v) is 11.3. The van der Waals surface area contributed by atoms with Crippen LogP contribution in [0.15, 0.2) is 71.5 Å². The van der Waals surface area contributed by atoms with E-state index in [2.05, 4.69) is 10.6 Å². The lowest BCUT2D eigenvalue weighted by Crippen LogP contribution is -2.53. The lowest BCUT2D eigenvalue weighted by Gasteiger charge is -2.29. The lowest BCUT2D eigenvalue weighted by atomic mass is 9.98. The maximum absolute atomic E-state index is 13.6. The van der Waals surface area contributed by atoms with Crippen molar-refractivity contribution in [2.75, 3.05) is 5.32 Å². The molecule has 12 heteroatoms. The molecule has 0 aliphatic heterocycles. The van der Waals surface area contributed by atoms with E-state index in [9.17, 15) is 32.7 Å². The van der Waals surface area contributed by atoms with E-state index in [4.69, 9.17) is 9.47 Å². The lowest BCUT2D eigenvalue weighted by molar-refractivity contribution is -0.215. The average Bonchev–Trinajstić information content (AvgIpc) is 2.91. The van der Waals surface area contributed by atoms with E-state index in [-0.39, 0.29) is 18.0 Å². The summed E-state index contributed by atoms with van der Waals surface area (Å²) in [4.78, 5) is 39.1. The second-order valence-electron chi connectivity index (χ2n) is 11.3. The van der Waals surface area contributed by atoms with Gasteiger partial charge in [0.25, 0.3) is 5.56 Å². The standard InChI is InChI=1S/C31H36F3N3O6/c1-19(2)26(27(39)31(32,33)34)36-25(38)17-37-24(21-12-9-13-22(16-21)43-30(3,4)5)15-14-23(28(37)40)35-29(41)42-18-20-10-7-6-8-11-20/h6-16,19,26-27,39H,17-18H2,1-5H3,(H,35,41)(H,36,38). The number of aromatic nitrogens is 1. The number of hydrogen-bond donors (Lipinski definition) is 3. The van der Waals surface area contributed by atoms with E-state index in [1.165, 1.54) is 26.0 Å². The summed E-state index contributed by atoms with van der Waals surface area (Å²) in [5.74, 6) is -1.25. The molecule has 3 rings (SSSR count). The molecule has 43 heavy (non-hydrogen) atoms. The van der Waals surface area contributed by atoms with E-state index in [1.807, 2.05) is 26.8 Å². The van der Waals surface area contributed by atoms with Crippen LogP contribution >= 0.6 is 0 Å². The zero-order chi connectivity index (χ0) is 31.9. The molecule has 3 aromatic rings. The molecular formula is C31H36F3N3O6. The Labute approximate surface area is 247 Å². The number of nitrogens with one attached hydrogen (secondary N) is 2. The summed E-state index contributed by atoms with van der Waals surface area (Å²) in [6, 6.07) is 16.8. The number of halogens is 3. The van der Waals surface area contributed by atoms with Gasteiger partial charge in [0.1, 0.15) is 30.2 Å². The summed E-state index contributed by atoms with van der Waals surface area (Å²) in [7, 11) is 0. The Morgan fingerprint density at radius 2 is 1.65 bits per heavy atom. The number of nitrogens with zero attached hydrogens (tertiary/aromatic N) is 1. The van der Waals surface area contributed by atoms with Crippen molar-refractivity contribution >= 4 is 17.7 Å². The Hall–Kier alpha value is -4.32. The van der Waals surface area contributed by atoms with E-state index >= 15 is 0 Å². The number of carbonyl (C=O) groups is 2. The van der Waals surface area contributed by atoms with Gasteiger partial charge in [-0.25, -0.2) is 4.79 Å². The summed E-state index contributed by atoms with van der Waals surface area (Å²) in [5.41, 5.74) is -0.116. The summed E-state index contributed by atoms with van der Waals surface area (Å²) < 4.78 is 51.9. The Kier molecular flexibility index (Phi) is 10.6. The number of amides is 2. The predicted molar refractivity (Wildman–Crippen MR) is 156 cm³/mol. The summed E-state index contributed by atoms with van der Waals surface area (Å²) in [6.07, 6.45) is -8.70. The quantitative estimate of drug-likeness (QED) is 0.282. The first-order valence-electron chi connectivity index (χ1n) is 13.6. The maximum atomic E-state index is 13.6. The number of aliphatic hydroxyl groups excluding tert-OH is 1. The molecule has 0 aliphatic carbocycles. The van der Waals surface area contributed by atoms with Crippen LogP contribution in [0, 0.1) is 5.92 Å². The Morgan fingerprint density at radius 1 is 0.977 bits per heavy atom. The molecule has 2 amide bonds. The number of pyridine rings is 1. The van der Waals surface area contributed by atoms with E-state index in [1.54, 1.807) is 48.5 Å². The van der Waals surface area contributed by atoms with E-state index in [0.29, 0.717) is 11.3 Å². The number of benzene rings is 2. The fraction of sp³-hybridized carbons (Fsp3) is 0.387. The van der Waals surface area contributed by atoms with Gasteiger partial charge >= 0.3 is 12.3 Å². The van der Waals surface area contributed by atoms with Gasteiger partial charge in [0, 0.05) is 5.56 Å². The Morgan fingerprint density at radius 3 is 2.26 bits per heavy atom. The monoisotopic (exact) mass is 603 g/mol. The van der Waals surface area contributed by atoms with Gasteiger partial charge in [-0.2, -0.15) is 13.2 Å². The minimum Gasteiger partial charge on any atom is -0.488 e. The molecule has 2 aromatic carbocycles. The number of rotatable bonds is 10. The number of aliphatic hydroxyl groups is 1. The zero-order valence-corrected chi connectivity index (χ0v) is 24.6. The first-order valence-corrected chi connectivity index (χ1v) is 13.6. The minimum absolute atomic E-state index is 0.0555. The highest BCUT2D eigenvalue weighted by molar-refractivity contribution is 5.85. The van der Waals surface area contributed by atoms with Crippen LogP contribution in [0.4, 0.5) is 23.7 Å². The highest BCUT2D eigenvalue weighted by Gasteiger charge is 2.45. The SMILES string of the molecule is CC(C)C(NC(=O)Cn1c(-c2cccc(OC(C)(C)C)c2)ccc(NC(=O)OCc2ccccc2)c1=O)C(O)C(F)(F)F. The largest absolute Gasteiger partial charge is 0.488 e. The second kappa shape index (κ2) is 13.8. The van der Waals surface area contributed by atoms with Crippen LogP contribution in [0.2, 0.25) is 0 Å². The topological polar surface area (TPSA) is 119 Å². The van der Waals surface area contributed by atoms with Crippen molar-refractivity contribution in [2.24, 2.45) is 5.92 Å². The molecule has 0 aliphatic rings. The van der Waals surface area contributed by atoms with Crippen LogP contribution in [0.5, 0.6) is 5.75 Å². The fourth-order valence-electron chi connectivity index (χ4n) is 4.21. The molecule has 0 spiro atoms. The predicted octanol–water partition coefficient (Wildman–Crippen LogP) is 5.51. The van der Waals surface area contributed by atoms with Crippen LogP contribution < -0.4 is 20.9 Å². The molecule has 232 valence electrons. The van der Waals surface area contributed by atoms with Crippen molar-refractivity contribution < 1.29 is 37.3 Å². The fourth-order valence-corrected chi connectivity index (χ4v) is 4.21. The summed E-state index contributed by atoms with van der Waals surface area (Å²) in [6.45, 7) is 7.65. The average molecular weight is 604 g/mol. The summed E-state index contributed by atoms with van der Waals surface area (Å²) in [5, 5.41) is 14.4. The van der Waals surface area contributed by atoms with Crippen molar-refractivity contribution in [1.82, 2.24) is 9.88 Å². The van der Waals surface area contributed by atoms with Crippen LogP contribution in [0.25, 0.3) is 11.3 Å². The molecule has 1 aromatic heterocycles. The third-order valence-corrected chi connectivity index (χ3v) is 6.20. The highest BCUT2D eigenvalue weighted by Crippen LogP contribution is 2.28. The number of alkyl halides is 3. The molecule has 1 heterocycles. The number of hydrogen-bond acceptors (Lipinski definition) is 6. The van der Waals surface area contributed by atoms with Gasteiger partial charge in [-0.15, -0.1) is 0 Å². The Balaban J connectivity index is 1.96. The molecule has 9 nitrogen and oxygen atoms in total. The van der Waals surface area contributed by atoms with Crippen molar-refractivity contribution in [1.29, 1.82) is 0 Å². The van der Waals surface area contributed by atoms with Gasteiger partial charge in [-0.3, -0.25) is 19.5 Å². The molecule has 0 radical (unpaired) electrons. The minimum atomic E-state index is -4.97. The third kappa shape index (κ3) is 9.60. The molecule has 0 fully saturated rings. The van der Waals surface area contributed by atoms with Gasteiger partial charge in [-0.05, 0) is 56.5 Å². The smallest absolute Gasteiger partial charge is 0.416 e. The first-order chi connectivity index (χ1) is 20.0. The maximum Gasteiger partial charge on any atom is 0.416 e. The zero-order valence-electron chi connectivity index (χ0n) is 24.6. The molecule has 2 atom stereocenters. The Bertz CT molecular complexity index is 1470. The van der Waals surface area contributed by atoms with Gasteiger partial charge in [0.05, 0.1) is 11.7 Å². The number of carbonyl (C=O) groups excluding carboxylic acids is 2. The van der Waals surface area contributed by atoms with Crippen LogP contribution in [0.1, 0.15) is 40.2 Å². The van der Waals surface area contributed by atoms with E-state index < -0.39 is 53.9 Å². The molecule has 0 saturated heterocycles. The molecule has 0 saturated carbocycles. The van der Waals surface area contributed by atoms with Gasteiger partial charge in [0.2, 0.25) is 5.91 Å². The van der Waals surface area contributed by atoms with Crippen LogP contribution in [-0.4, -0.2) is 45.6 Å². The van der Waals surface area contributed by atoms with Crippen molar-refractivity contribution in [3.8, 4) is 17.0 Å². The van der Waals surface area contributed by atoms with Gasteiger partial charge < -0.3 is 19.9 Å². The van der Waals surface area contributed by atoms with Gasteiger partial charge in [0.15, 0.2) is 6.10 Å². The van der Waals surface area contributed by atoms with Crippen LogP contribution in [-0.2, 0) is 22.7 Å². The van der Waals surface area contributed by atoms with Gasteiger partial charge in [-0.1, -0.05) is 56.3 Å². The highest BCUT2D eigenvalue weighted by atomic mass is 19.4. The van der Waals surface area contributed by atoms with Crippen molar-refractivity contribution in [3.05, 3.63) is 82.6 Å². The molecule has 3 N–H and O–H groups in total. The summed E-state index contributed by atoms with van der Waals surface area (Å²) >= 11 is 0. The van der Waals surface area contributed by atoms with Crippen LogP contribution in [0.3, 0.4) is 0 Å².